The number of alkyl halides is 2. The molecule has 1 aromatic rings. The molecule has 0 spiro atoms. The first-order chi connectivity index (χ1) is 7.82. The van der Waals surface area contributed by atoms with Crippen LogP contribution in [0.15, 0.2) is 12.1 Å². The summed E-state index contributed by atoms with van der Waals surface area (Å²) in [5.41, 5.74) is -0.276. The number of carboxylic acids is 1. The number of halogens is 4. The van der Waals surface area contributed by atoms with Crippen molar-refractivity contribution in [1.29, 1.82) is 0 Å². The zero-order valence-corrected chi connectivity index (χ0v) is 9.54. The van der Waals surface area contributed by atoms with Crippen molar-refractivity contribution >= 4 is 29.2 Å². The second-order valence-electron chi connectivity index (χ2n) is 2.92. The van der Waals surface area contributed by atoms with E-state index in [1.54, 1.807) is 0 Å². The van der Waals surface area contributed by atoms with Gasteiger partial charge in [-0.25, -0.2) is 4.79 Å². The molecule has 1 aromatic carbocycles. The van der Waals surface area contributed by atoms with Gasteiger partial charge in [-0.1, -0.05) is 23.2 Å². The highest BCUT2D eigenvalue weighted by molar-refractivity contribution is 6.36. The van der Waals surface area contributed by atoms with Crippen LogP contribution in [0.1, 0.15) is 11.7 Å². The number of aliphatic hydroxyl groups is 1. The third-order valence-corrected chi connectivity index (χ3v) is 2.41. The predicted molar refractivity (Wildman–Crippen MR) is 55.7 cm³/mol. The van der Waals surface area contributed by atoms with Gasteiger partial charge in [-0.3, -0.25) is 0 Å². The van der Waals surface area contributed by atoms with Gasteiger partial charge in [-0.15, -0.1) is 0 Å². The lowest BCUT2D eigenvalue weighted by molar-refractivity contribution is -0.146. The number of hydrogen-bond donors (Lipinski definition) is 2. The van der Waals surface area contributed by atoms with E-state index in [1.807, 2.05) is 0 Å². The molecule has 0 saturated heterocycles. The number of benzene rings is 1. The molecule has 0 aliphatic heterocycles. The van der Waals surface area contributed by atoms with E-state index in [0.29, 0.717) is 0 Å². The van der Waals surface area contributed by atoms with Gasteiger partial charge in [0.2, 0.25) is 0 Å². The van der Waals surface area contributed by atoms with Crippen LogP contribution < -0.4 is 4.74 Å². The van der Waals surface area contributed by atoms with Crippen molar-refractivity contribution in [2.45, 2.75) is 12.7 Å². The quantitative estimate of drug-likeness (QED) is 0.893. The summed E-state index contributed by atoms with van der Waals surface area (Å²) in [6.45, 7) is -3.06. The Morgan fingerprint density at radius 1 is 1.29 bits per heavy atom. The molecule has 0 aliphatic rings. The van der Waals surface area contributed by atoms with Crippen LogP contribution in [0.25, 0.3) is 0 Å². The summed E-state index contributed by atoms with van der Waals surface area (Å²) < 4.78 is 27.9. The Kier molecular flexibility index (Phi) is 4.50. The zero-order valence-electron chi connectivity index (χ0n) is 8.03. The Hall–Kier alpha value is -1.11. The molecular formula is C9H6Cl2F2O4. The molecule has 0 heterocycles. The summed E-state index contributed by atoms with van der Waals surface area (Å²) in [6.07, 6.45) is -1.93. The first-order valence-corrected chi connectivity index (χ1v) is 4.93. The van der Waals surface area contributed by atoms with Crippen LogP contribution in [0.5, 0.6) is 5.75 Å². The Morgan fingerprint density at radius 3 is 2.12 bits per heavy atom. The fraction of sp³-hybridized carbons (Fsp3) is 0.222. The second kappa shape index (κ2) is 5.48. The van der Waals surface area contributed by atoms with Gasteiger partial charge < -0.3 is 14.9 Å². The molecule has 0 aliphatic carbocycles. The maximum Gasteiger partial charge on any atom is 0.387 e. The number of aliphatic hydroxyl groups excluding tert-OH is 1. The number of aliphatic carboxylic acids is 1. The highest BCUT2D eigenvalue weighted by Crippen LogP contribution is 2.35. The smallest absolute Gasteiger partial charge is 0.387 e. The van der Waals surface area contributed by atoms with Crippen molar-refractivity contribution in [1.82, 2.24) is 0 Å². The Bertz CT molecular complexity index is 416. The number of hydrogen-bond acceptors (Lipinski definition) is 3. The van der Waals surface area contributed by atoms with Gasteiger partial charge in [-0.05, 0) is 12.1 Å². The molecule has 4 nitrogen and oxygen atoms in total. The normalized spacial score (nSPS) is 12.6. The van der Waals surface area contributed by atoms with Crippen LogP contribution in [0.3, 0.4) is 0 Å². The first-order valence-electron chi connectivity index (χ1n) is 4.17. The molecule has 0 radical (unpaired) electrons. The molecule has 8 heteroatoms. The molecular weight excluding hydrogens is 281 g/mol. The minimum absolute atomic E-state index is 0.275. The molecule has 94 valence electrons. The molecule has 0 bridgehead atoms. The number of carbonyl (C=O) groups is 1. The van der Waals surface area contributed by atoms with Gasteiger partial charge in [0.05, 0.1) is 10.0 Å². The van der Waals surface area contributed by atoms with E-state index in [-0.39, 0.29) is 21.4 Å². The molecule has 1 atom stereocenters. The number of ether oxygens (including phenoxy) is 1. The molecule has 0 saturated carbocycles. The van der Waals surface area contributed by atoms with Crippen LogP contribution in [-0.4, -0.2) is 22.8 Å². The van der Waals surface area contributed by atoms with Gasteiger partial charge in [0.25, 0.3) is 0 Å². The van der Waals surface area contributed by atoms with Crippen molar-refractivity contribution in [3.8, 4) is 5.75 Å². The first kappa shape index (κ1) is 14.0. The summed E-state index contributed by atoms with van der Waals surface area (Å²) in [4.78, 5) is 10.5. The van der Waals surface area contributed by atoms with Gasteiger partial charge in [0, 0.05) is 5.56 Å². The lowest BCUT2D eigenvalue weighted by Gasteiger charge is -2.12. The standard InChI is InChI=1S/C9H6Cl2F2O4/c10-4-1-3(17-9(12)13)2-5(11)6(4)7(14)8(15)16/h1-2,7,9,14H,(H,15,16)/t7-/m1/s1. The van der Waals surface area contributed by atoms with Crippen molar-refractivity contribution in [3.63, 3.8) is 0 Å². The summed E-state index contributed by atoms with van der Waals surface area (Å²) in [5.74, 6) is -1.88. The van der Waals surface area contributed by atoms with Crippen LogP contribution in [0.2, 0.25) is 10.0 Å². The van der Waals surface area contributed by atoms with Crippen LogP contribution in [-0.2, 0) is 4.79 Å². The second-order valence-corrected chi connectivity index (χ2v) is 3.73. The van der Waals surface area contributed by atoms with E-state index < -0.39 is 18.7 Å². The van der Waals surface area contributed by atoms with Crippen molar-refractivity contribution in [2.24, 2.45) is 0 Å². The number of rotatable bonds is 4. The molecule has 0 fully saturated rings. The fourth-order valence-corrected chi connectivity index (χ4v) is 1.79. The molecule has 17 heavy (non-hydrogen) atoms. The fourth-order valence-electron chi connectivity index (χ4n) is 1.12. The molecule has 0 aromatic heterocycles. The number of carboxylic acid groups (broad SMARTS) is 1. The maximum atomic E-state index is 11.9. The van der Waals surface area contributed by atoms with Gasteiger partial charge >= 0.3 is 12.6 Å². The summed E-state index contributed by atoms with van der Waals surface area (Å²) in [7, 11) is 0. The van der Waals surface area contributed by atoms with Crippen molar-refractivity contribution < 1.29 is 28.5 Å². The lowest BCUT2D eigenvalue weighted by atomic mass is 10.1. The summed E-state index contributed by atoms with van der Waals surface area (Å²) >= 11 is 11.2. The maximum absolute atomic E-state index is 11.9. The van der Waals surface area contributed by atoms with E-state index in [1.165, 1.54) is 0 Å². The van der Waals surface area contributed by atoms with Crippen molar-refractivity contribution in [2.75, 3.05) is 0 Å². The molecule has 1 rings (SSSR count). The third-order valence-electron chi connectivity index (χ3n) is 1.79. The van der Waals surface area contributed by atoms with Crippen LogP contribution in [0, 0.1) is 0 Å². The largest absolute Gasteiger partial charge is 0.479 e. The van der Waals surface area contributed by atoms with Crippen LogP contribution >= 0.6 is 23.2 Å². The average Bonchev–Trinajstić information content (AvgIpc) is 2.14. The average molecular weight is 287 g/mol. The highest BCUT2D eigenvalue weighted by Gasteiger charge is 2.23. The van der Waals surface area contributed by atoms with E-state index in [9.17, 15) is 18.7 Å². The monoisotopic (exact) mass is 286 g/mol. The lowest BCUT2D eigenvalue weighted by Crippen LogP contribution is -2.12. The Balaban J connectivity index is 3.14. The van der Waals surface area contributed by atoms with Crippen molar-refractivity contribution in [3.05, 3.63) is 27.7 Å². The van der Waals surface area contributed by atoms with E-state index in [2.05, 4.69) is 4.74 Å². The molecule has 0 unspecified atom stereocenters. The van der Waals surface area contributed by atoms with E-state index in [4.69, 9.17) is 28.3 Å². The SMILES string of the molecule is O=C(O)[C@H](O)c1c(Cl)cc(OC(F)F)cc1Cl. The van der Waals surface area contributed by atoms with E-state index in [0.717, 1.165) is 12.1 Å². The highest BCUT2D eigenvalue weighted by atomic mass is 35.5. The Labute approximate surface area is 104 Å². The van der Waals surface area contributed by atoms with E-state index >= 15 is 0 Å². The Morgan fingerprint density at radius 2 is 1.76 bits per heavy atom. The minimum Gasteiger partial charge on any atom is -0.479 e. The van der Waals surface area contributed by atoms with Gasteiger partial charge in [-0.2, -0.15) is 8.78 Å². The summed E-state index contributed by atoms with van der Waals surface area (Å²) in [5, 5.41) is 17.3. The van der Waals surface area contributed by atoms with Gasteiger partial charge in [0.1, 0.15) is 5.75 Å². The minimum atomic E-state index is -3.06. The topological polar surface area (TPSA) is 66.8 Å². The van der Waals surface area contributed by atoms with Crippen LogP contribution in [0.4, 0.5) is 8.78 Å². The third kappa shape index (κ3) is 3.42. The zero-order chi connectivity index (χ0) is 13.2. The molecule has 0 amide bonds. The summed E-state index contributed by atoms with van der Waals surface area (Å²) in [6, 6.07) is 1.89. The predicted octanol–water partition coefficient (Wildman–Crippen LogP) is 2.71. The molecule has 2 N–H and O–H groups in total. The van der Waals surface area contributed by atoms with Gasteiger partial charge in [0.15, 0.2) is 6.10 Å².